The number of aromatic nitrogens is 1. The molecular formula is C20H28N2. The lowest BCUT2D eigenvalue weighted by Crippen LogP contribution is -2.56. The molecule has 1 aliphatic carbocycles. The van der Waals surface area contributed by atoms with E-state index in [4.69, 9.17) is 0 Å². The Hall–Kier alpha value is -1.44. The molecule has 0 spiro atoms. The summed E-state index contributed by atoms with van der Waals surface area (Å²) in [6.45, 7) is 12.3. The molecule has 2 heteroatoms. The highest BCUT2D eigenvalue weighted by Gasteiger charge is 2.65. The van der Waals surface area contributed by atoms with Gasteiger partial charge in [0, 0.05) is 29.5 Å². The molecule has 2 bridgehead atoms. The SMILES string of the molecule is CC1C(C)C2(C)CC1(C)C(C)N2c1cc2ccccc2n1C. The molecule has 5 unspecified atom stereocenters. The van der Waals surface area contributed by atoms with E-state index in [-0.39, 0.29) is 5.54 Å². The van der Waals surface area contributed by atoms with E-state index in [1.165, 1.54) is 23.1 Å². The predicted molar refractivity (Wildman–Crippen MR) is 94.3 cm³/mol. The minimum absolute atomic E-state index is 0.274. The van der Waals surface area contributed by atoms with Gasteiger partial charge in [-0.15, -0.1) is 0 Å². The van der Waals surface area contributed by atoms with Gasteiger partial charge in [0.1, 0.15) is 5.82 Å². The Balaban J connectivity index is 1.91. The average Bonchev–Trinajstić information content (AvgIpc) is 2.98. The highest BCUT2D eigenvalue weighted by atomic mass is 15.3. The first-order valence-corrected chi connectivity index (χ1v) is 8.64. The second-order valence-corrected chi connectivity index (χ2v) is 8.28. The van der Waals surface area contributed by atoms with E-state index in [1.807, 2.05) is 0 Å². The van der Waals surface area contributed by atoms with Crippen molar-refractivity contribution in [3.05, 3.63) is 30.3 Å². The molecule has 1 aromatic heterocycles. The number of fused-ring (bicyclic) bond motifs is 3. The number of piperidine rings is 1. The number of anilines is 1. The fourth-order valence-corrected chi connectivity index (χ4v) is 5.74. The van der Waals surface area contributed by atoms with Crippen LogP contribution in [0.3, 0.4) is 0 Å². The Bertz CT molecular complexity index is 745. The van der Waals surface area contributed by atoms with E-state index in [0.717, 1.165) is 11.8 Å². The molecule has 5 atom stereocenters. The van der Waals surface area contributed by atoms with Crippen molar-refractivity contribution in [3.8, 4) is 0 Å². The number of rotatable bonds is 1. The number of nitrogens with zero attached hydrogens (tertiary/aromatic N) is 2. The first-order valence-electron chi connectivity index (χ1n) is 8.64. The zero-order valence-corrected chi connectivity index (χ0v) is 14.7. The molecular weight excluding hydrogens is 268 g/mol. The lowest BCUT2D eigenvalue weighted by Gasteiger charge is -2.50. The molecule has 1 saturated heterocycles. The van der Waals surface area contributed by atoms with E-state index in [2.05, 4.69) is 81.5 Å². The summed E-state index contributed by atoms with van der Waals surface area (Å²) in [5.74, 6) is 2.91. The summed E-state index contributed by atoms with van der Waals surface area (Å²) in [5, 5.41) is 1.35. The Morgan fingerprint density at radius 2 is 1.73 bits per heavy atom. The molecule has 118 valence electrons. The molecule has 2 aliphatic rings. The minimum atomic E-state index is 0.274. The van der Waals surface area contributed by atoms with Crippen molar-refractivity contribution in [2.24, 2.45) is 24.3 Å². The summed E-state index contributed by atoms with van der Waals surface area (Å²) in [6.07, 6.45) is 1.31. The van der Waals surface area contributed by atoms with Crippen LogP contribution in [0, 0.1) is 17.3 Å². The van der Waals surface area contributed by atoms with Crippen molar-refractivity contribution in [1.82, 2.24) is 4.57 Å². The van der Waals surface area contributed by atoms with Gasteiger partial charge in [-0.1, -0.05) is 39.0 Å². The van der Waals surface area contributed by atoms with E-state index < -0.39 is 0 Å². The predicted octanol–water partition coefficient (Wildman–Crippen LogP) is 4.83. The molecule has 2 aromatic rings. The van der Waals surface area contributed by atoms with Crippen LogP contribution in [0.1, 0.15) is 41.0 Å². The van der Waals surface area contributed by atoms with Crippen molar-refractivity contribution in [1.29, 1.82) is 0 Å². The van der Waals surface area contributed by atoms with Gasteiger partial charge in [-0.25, -0.2) is 0 Å². The molecule has 0 amide bonds. The zero-order valence-electron chi connectivity index (χ0n) is 14.7. The van der Waals surface area contributed by atoms with E-state index in [9.17, 15) is 0 Å². The average molecular weight is 296 g/mol. The standard InChI is InChI=1S/C20H28N2/c1-13-14(2)20(5)12-19(13,4)15(3)22(20)18-11-16-9-7-8-10-17(16)21(18)6/h7-11,13-15H,12H2,1-6H3. The van der Waals surface area contributed by atoms with Crippen LogP contribution >= 0.6 is 0 Å². The Morgan fingerprint density at radius 1 is 1.05 bits per heavy atom. The van der Waals surface area contributed by atoms with E-state index in [1.54, 1.807) is 0 Å². The van der Waals surface area contributed by atoms with Crippen molar-refractivity contribution >= 4 is 16.7 Å². The number of hydrogen-bond acceptors (Lipinski definition) is 1. The van der Waals surface area contributed by atoms with Gasteiger partial charge in [0.25, 0.3) is 0 Å². The van der Waals surface area contributed by atoms with Crippen LogP contribution in [-0.4, -0.2) is 16.1 Å². The molecule has 2 heterocycles. The molecule has 0 N–H and O–H groups in total. The normalized spacial score (nSPS) is 40.8. The van der Waals surface area contributed by atoms with Gasteiger partial charge in [-0.2, -0.15) is 0 Å². The Labute approximate surface area is 134 Å². The van der Waals surface area contributed by atoms with Crippen LogP contribution in [-0.2, 0) is 7.05 Å². The molecule has 22 heavy (non-hydrogen) atoms. The van der Waals surface area contributed by atoms with Crippen LogP contribution in [0.15, 0.2) is 30.3 Å². The monoisotopic (exact) mass is 296 g/mol. The fourth-order valence-electron chi connectivity index (χ4n) is 5.74. The number of para-hydroxylation sites is 1. The summed E-state index contributed by atoms with van der Waals surface area (Å²) in [7, 11) is 2.22. The minimum Gasteiger partial charge on any atom is -0.349 e. The zero-order chi connectivity index (χ0) is 15.9. The summed E-state index contributed by atoms with van der Waals surface area (Å²) < 4.78 is 2.39. The topological polar surface area (TPSA) is 8.17 Å². The van der Waals surface area contributed by atoms with Crippen LogP contribution < -0.4 is 4.90 Å². The van der Waals surface area contributed by atoms with Crippen molar-refractivity contribution < 1.29 is 0 Å². The van der Waals surface area contributed by atoms with Crippen LogP contribution in [0.5, 0.6) is 0 Å². The molecule has 1 aromatic carbocycles. The van der Waals surface area contributed by atoms with Gasteiger partial charge in [0.05, 0.1) is 0 Å². The maximum absolute atomic E-state index is 2.73. The summed E-state index contributed by atoms with van der Waals surface area (Å²) in [5.41, 5.74) is 2.03. The molecule has 1 saturated carbocycles. The molecule has 4 rings (SSSR count). The first kappa shape index (κ1) is 14.2. The first-order chi connectivity index (χ1) is 10.3. The van der Waals surface area contributed by atoms with Crippen molar-refractivity contribution in [3.63, 3.8) is 0 Å². The summed E-state index contributed by atoms with van der Waals surface area (Å²) >= 11 is 0. The molecule has 2 nitrogen and oxygen atoms in total. The van der Waals surface area contributed by atoms with Gasteiger partial charge < -0.3 is 9.47 Å². The van der Waals surface area contributed by atoms with Gasteiger partial charge in [0.15, 0.2) is 0 Å². The van der Waals surface area contributed by atoms with Crippen molar-refractivity contribution in [2.45, 2.75) is 52.6 Å². The molecule has 2 fully saturated rings. The van der Waals surface area contributed by atoms with Crippen LogP contribution in [0.4, 0.5) is 5.82 Å². The number of aryl methyl sites for hydroxylation is 1. The fraction of sp³-hybridized carbons (Fsp3) is 0.600. The Morgan fingerprint density at radius 3 is 2.36 bits per heavy atom. The van der Waals surface area contributed by atoms with Crippen LogP contribution in [0.25, 0.3) is 10.9 Å². The molecule has 1 aliphatic heterocycles. The largest absolute Gasteiger partial charge is 0.349 e. The lowest BCUT2D eigenvalue weighted by molar-refractivity contribution is 0.147. The van der Waals surface area contributed by atoms with Gasteiger partial charge in [-0.3, -0.25) is 0 Å². The van der Waals surface area contributed by atoms with Crippen LogP contribution in [0.2, 0.25) is 0 Å². The molecule has 0 radical (unpaired) electrons. The summed E-state index contributed by atoms with van der Waals surface area (Å²) in [6, 6.07) is 11.7. The maximum atomic E-state index is 2.73. The smallest absolute Gasteiger partial charge is 0.110 e. The van der Waals surface area contributed by atoms with E-state index in [0.29, 0.717) is 11.5 Å². The van der Waals surface area contributed by atoms with Gasteiger partial charge >= 0.3 is 0 Å². The third-order valence-electron chi connectivity index (χ3n) is 7.58. The second-order valence-electron chi connectivity index (χ2n) is 8.28. The third-order valence-corrected chi connectivity index (χ3v) is 7.58. The number of hydrogen-bond donors (Lipinski definition) is 0. The Kier molecular flexibility index (Phi) is 2.64. The number of benzene rings is 1. The second kappa shape index (κ2) is 4.10. The highest BCUT2D eigenvalue weighted by molar-refractivity contribution is 5.85. The van der Waals surface area contributed by atoms with E-state index >= 15 is 0 Å². The quantitative estimate of drug-likeness (QED) is 0.732. The van der Waals surface area contributed by atoms with Gasteiger partial charge in [-0.05, 0) is 49.7 Å². The lowest BCUT2D eigenvalue weighted by atomic mass is 9.71. The third kappa shape index (κ3) is 1.42. The van der Waals surface area contributed by atoms with Crippen molar-refractivity contribution in [2.75, 3.05) is 4.90 Å². The maximum Gasteiger partial charge on any atom is 0.110 e. The summed E-state index contributed by atoms with van der Waals surface area (Å²) in [4.78, 5) is 2.73. The van der Waals surface area contributed by atoms with Gasteiger partial charge in [0.2, 0.25) is 0 Å². The highest BCUT2D eigenvalue weighted by Crippen LogP contribution is 2.64.